The maximum Gasteiger partial charge on any atom is 0.0376 e. The van der Waals surface area contributed by atoms with Gasteiger partial charge in [0.05, 0.1) is 0 Å². The zero-order valence-corrected chi connectivity index (χ0v) is 11.8. The molecule has 1 fully saturated rings. The van der Waals surface area contributed by atoms with Crippen molar-refractivity contribution in [3.05, 3.63) is 0 Å². The van der Waals surface area contributed by atoms with Gasteiger partial charge in [-0.3, -0.25) is 0 Å². The highest BCUT2D eigenvalue weighted by Gasteiger charge is 2.22. The Morgan fingerprint density at radius 1 is 0.882 bits per heavy atom. The van der Waals surface area contributed by atoms with Gasteiger partial charge in [0.2, 0.25) is 0 Å². The van der Waals surface area contributed by atoms with Crippen molar-refractivity contribution in [2.75, 3.05) is 0 Å². The van der Waals surface area contributed by atoms with Gasteiger partial charge in [0.1, 0.15) is 0 Å². The quantitative estimate of drug-likeness (QED) is 0.704. The number of hydroxylamine groups is 1. The van der Waals surface area contributed by atoms with Crippen LogP contribution in [0, 0.1) is 5.92 Å². The van der Waals surface area contributed by atoms with Crippen LogP contribution in [0.1, 0.15) is 84.5 Å². The van der Waals surface area contributed by atoms with Crippen molar-refractivity contribution in [3.63, 3.8) is 0 Å². The zero-order chi connectivity index (χ0) is 12.6. The SMILES string of the molecule is CC(C)(CC1CCCCCCCCCC1)NO. The summed E-state index contributed by atoms with van der Waals surface area (Å²) in [6.07, 6.45) is 15.1. The second-order valence-electron chi connectivity index (χ2n) is 6.47. The highest BCUT2D eigenvalue weighted by molar-refractivity contribution is 4.78. The van der Waals surface area contributed by atoms with Crippen LogP contribution in [0.4, 0.5) is 0 Å². The standard InChI is InChI=1S/C15H31NO/c1-15(2,16-17)13-14-11-9-7-5-3-4-6-8-10-12-14/h14,16-17H,3-13H2,1-2H3. The Labute approximate surface area is 107 Å². The first-order valence-corrected chi connectivity index (χ1v) is 7.55. The third kappa shape index (κ3) is 7.05. The lowest BCUT2D eigenvalue weighted by Crippen LogP contribution is -2.38. The van der Waals surface area contributed by atoms with Gasteiger partial charge in [0.15, 0.2) is 0 Å². The predicted molar refractivity (Wildman–Crippen MR) is 73.3 cm³/mol. The largest absolute Gasteiger partial charge is 0.316 e. The van der Waals surface area contributed by atoms with E-state index in [1.807, 2.05) is 0 Å². The number of rotatable bonds is 3. The summed E-state index contributed by atoms with van der Waals surface area (Å²) in [4.78, 5) is 0. The summed E-state index contributed by atoms with van der Waals surface area (Å²) >= 11 is 0. The molecule has 0 saturated heterocycles. The maximum atomic E-state index is 9.15. The van der Waals surface area contributed by atoms with Crippen LogP contribution in [0.2, 0.25) is 0 Å². The van der Waals surface area contributed by atoms with E-state index < -0.39 is 0 Å². The smallest absolute Gasteiger partial charge is 0.0376 e. The van der Waals surface area contributed by atoms with Gasteiger partial charge in [-0.15, -0.1) is 0 Å². The molecule has 17 heavy (non-hydrogen) atoms. The molecule has 2 N–H and O–H groups in total. The van der Waals surface area contributed by atoms with Crippen LogP contribution in [0.3, 0.4) is 0 Å². The third-order valence-corrected chi connectivity index (χ3v) is 4.08. The maximum absolute atomic E-state index is 9.15. The zero-order valence-electron chi connectivity index (χ0n) is 11.8. The van der Waals surface area contributed by atoms with Gasteiger partial charge in [0.25, 0.3) is 0 Å². The molecule has 0 unspecified atom stereocenters. The molecule has 1 rings (SSSR count). The van der Waals surface area contributed by atoms with Crippen LogP contribution >= 0.6 is 0 Å². The van der Waals surface area contributed by atoms with E-state index in [0.717, 1.165) is 12.3 Å². The average Bonchev–Trinajstić information content (AvgIpc) is 2.35. The molecule has 0 aliphatic heterocycles. The molecule has 1 saturated carbocycles. The topological polar surface area (TPSA) is 32.3 Å². The van der Waals surface area contributed by atoms with Gasteiger partial charge in [-0.1, -0.05) is 64.2 Å². The van der Waals surface area contributed by atoms with Crippen molar-refractivity contribution >= 4 is 0 Å². The van der Waals surface area contributed by atoms with Crippen LogP contribution in [0.25, 0.3) is 0 Å². The Kier molecular flexibility index (Phi) is 7.14. The molecule has 0 aromatic carbocycles. The summed E-state index contributed by atoms with van der Waals surface area (Å²) in [5, 5.41) is 9.15. The fraction of sp³-hybridized carbons (Fsp3) is 1.00. The lowest BCUT2D eigenvalue weighted by atomic mass is 9.84. The molecule has 0 spiro atoms. The van der Waals surface area contributed by atoms with Crippen LogP contribution in [0.5, 0.6) is 0 Å². The molecule has 0 radical (unpaired) electrons. The van der Waals surface area contributed by atoms with Crippen molar-refractivity contribution in [1.82, 2.24) is 5.48 Å². The molecular weight excluding hydrogens is 210 g/mol. The summed E-state index contributed by atoms with van der Waals surface area (Å²) in [6, 6.07) is 0. The second kappa shape index (κ2) is 8.10. The van der Waals surface area contributed by atoms with Crippen molar-refractivity contribution in [1.29, 1.82) is 0 Å². The number of hydrogen-bond donors (Lipinski definition) is 2. The first-order chi connectivity index (χ1) is 8.14. The minimum absolute atomic E-state index is 0.120. The Bertz CT molecular complexity index is 179. The first-order valence-electron chi connectivity index (χ1n) is 7.55. The second-order valence-corrected chi connectivity index (χ2v) is 6.47. The highest BCUT2D eigenvalue weighted by Crippen LogP contribution is 2.27. The third-order valence-electron chi connectivity index (χ3n) is 4.08. The fourth-order valence-electron chi connectivity index (χ4n) is 3.04. The van der Waals surface area contributed by atoms with Gasteiger partial charge in [-0.05, 0) is 26.2 Å². The number of nitrogens with one attached hydrogen (secondary N) is 1. The summed E-state index contributed by atoms with van der Waals surface area (Å²) in [6.45, 7) is 4.19. The minimum atomic E-state index is -0.120. The Hall–Kier alpha value is -0.0800. The van der Waals surface area contributed by atoms with E-state index in [2.05, 4.69) is 19.3 Å². The first kappa shape index (κ1) is 15.0. The van der Waals surface area contributed by atoms with Crippen molar-refractivity contribution in [3.8, 4) is 0 Å². The lowest BCUT2D eigenvalue weighted by Gasteiger charge is -2.28. The van der Waals surface area contributed by atoms with E-state index in [1.54, 1.807) is 0 Å². The van der Waals surface area contributed by atoms with Gasteiger partial charge in [-0.2, -0.15) is 0 Å². The monoisotopic (exact) mass is 241 g/mol. The van der Waals surface area contributed by atoms with E-state index >= 15 is 0 Å². The normalized spacial score (nSPS) is 22.1. The molecule has 0 bridgehead atoms. The highest BCUT2D eigenvalue weighted by atomic mass is 16.5. The molecule has 0 amide bonds. The fourth-order valence-corrected chi connectivity index (χ4v) is 3.04. The average molecular weight is 241 g/mol. The van der Waals surface area contributed by atoms with Gasteiger partial charge >= 0.3 is 0 Å². The molecule has 2 nitrogen and oxygen atoms in total. The minimum Gasteiger partial charge on any atom is -0.316 e. The molecule has 0 heterocycles. The van der Waals surface area contributed by atoms with Crippen molar-refractivity contribution in [2.45, 2.75) is 90.0 Å². The summed E-state index contributed by atoms with van der Waals surface area (Å²) in [5.74, 6) is 0.794. The number of hydrogen-bond acceptors (Lipinski definition) is 2. The summed E-state index contributed by atoms with van der Waals surface area (Å²) in [5.41, 5.74) is 2.34. The van der Waals surface area contributed by atoms with E-state index in [1.165, 1.54) is 64.2 Å². The van der Waals surface area contributed by atoms with E-state index in [-0.39, 0.29) is 5.54 Å². The Morgan fingerprint density at radius 3 is 1.71 bits per heavy atom. The van der Waals surface area contributed by atoms with Gasteiger partial charge in [-0.25, -0.2) is 5.48 Å². The van der Waals surface area contributed by atoms with Crippen LogP contribution < -0.4 is 5.48 Å². The van der Waals surface area contributed by atoms with Crippen molar-refractivity contribution in [2.24, 2.45) is 5.92 Å². The Morgan fingerprint density at radius 2 is 1.29 bits per heavy atom. The molecule has 0 aromatic heterocycles. The molecule has 102 valence electrons. The molecule has 2 heteroatoms. The van der Waals surface area contributed by atoms with E-state index in [0.29, 0.717) is 0 Å². The molecule has 0 atom stereocenters. The lowest BCUT2D eigenvalue weighted by molar-refractivity contribution is 0.0635. The van der Waals surface area contributed by atoms with Crippen LogP contribution in [-0.2, 0) is 0 Å². The Balaban J connectivity index is 2.37. The van der Waals surface area contributed by atoms with Gasteiger partial charge in [0, 0.05) is 5.54 Å². The van der Waals surface area contributed by atoms with Crippen LogP contribution in [0.15, 0.2) is 0 Å². The van der Waals surface area contributed by atoms with E-state index in [9.17, 15) is 0 Å². The summed E-state index contributed by atoms with van der Waals surface area (Å²) < 4.78 is 0. The molecular formula is C15H31NO. The van der Waals surface area contributed by atoms with Crippen molar-refractivity contribution < 1.29 is 5.21 Å². The predicted octanol–water partition coefficient (Wildman–Crippen LogP) is 4.66. The van der Waals surface area contributed by atoms with Gasteiger partial charge < -0.3 is 5.21 Å². The molecule has 0 aromatic rings. The van der Waals surface area contributed by atoms with Crippen LogP contribution in [-0.4, -0.2) is 10.7 Å². The molecule has 1 aliphatic rings. The summed E-state index contributed by atoms with van der Waals surface area (Å²) in [7, 11) is 0. The van der Waals surface area contributed by atoms with E-state index in [4.69, 9.17) is 5.21 Å². The molecule has 1 aliphatic carbocycles.